The Balaban J connectivity index is 4.32. The number of rotatable bonds is 6. The maximum atomic E-state index is 12.4. The van der Waals surface area contributed by atoms with Gasteiger partial charge in [0.15, 0.2) is 0 Å². The summed E-state index contributed by atoms with van der Waals surface area (Å²) in [6.45, 7) is 3.76. The van der Waals surface area contributed by atoms with E-state index >= 15 is 0 Å². The van der Waals surface area contributed by atoms with E-state index in [9.17, 15) is 18.4 Å². The molecule has 2 amide bonds. The van der Waals surface area contributed by atoms with Crippen molar-refractivity contribution in [2.75, 3.05) is 13.1 Å². The van der Waals surface area contributed by atoms with Crippen molar-refractivity contribution >= 4 is 24.5 Å². The van der Waals surface area contributed by atoms with Gasteiger partial charge in [0.1, 0.15) is 0 Å². The smallest absolute Gasteiger partial charge is 0.240 e. The normalized spacial score (nSPS) is 9.87. The van der Waals surface area contributed by atoms with E-state index in [2.05, 4.69) is 0 Å². The summed E-state index contributed by atoms with van der Waals surface area (Å²) in [5, 5.41) is 0. The van der Waals surface area contributed by atoms with Crippen LogP contribution in [0.2, 0.25) is 0 Å². The van der Waals surface area contributed by atoms with Gasteiger partial charge in [0.2, 0.25) is 0 Å². The van der Waals surface area contributed by atoms with Crippen LogP contribution in [0, 0.1) is 0 Å². The minimum atomic E-state index is -1.68. The van der Waals surface area contributed by atoms with E-state index in [0.29, 0.717) is 33.6 Å². The molecule has 0 aromatic heterocycles. The molecule has 0 bridgehead atoms. The van der Waals surface area contributed by atoms with Crippen molar-refractivity contribution in [3.63, 3.8) is 0 Å². The number of halogens is 2. The molecule has 0 aliphatic heterocycles. The Bertz CT molecular complexity index is 207. The van der Waals surface area contributed by atoms with Gasteiger partial charge in [-0.3, -0.25) is 0 Å². The predicted octanol–water partition coefficient (Wildman–Crippen LogP) is 3.15. The van der Waals surface area contributed by atoms with Crippen LogP contribution in [-0.2, 0) is 0 Å². The van der Waals surface area contributed by atoms with Gasteiger partial charge < -0.3 is 0 Å². The summed E-state index contributed by atoms with van der Waals surface area (Å²) in [6.07, 6.45) is -2.29. The van der Waals surface area contributed by atoms with Crippen molar-refractivity contribution in [3.8, 4) is 0 Å². The zero-order valence-corrected chi connectivity index (χ0v) is 9.52. The lowest BCUT2D eigenvalue weighted by atomic mass is 10.5. The molecule has 88 valence electrons. The summed E-state index contributed by atoms with van der Waals surface area (Å²) in [4.78, 5) is 20.9. The van der Waals surface area contributed by atoms with Crippen LogP contribution in [0.15, 0.2) is 0 Å². The van der Waals surface area contributed by atoms with Crippen LogP contribution in [0.1, 0.15) is 26.7 Å². The zero-order valence-electron chi connectivity index (χ0n) is 8.70. The molecule has 0 aliphatic carbocycles. The standard InChI is InChI=1S/C8H14F2N2O2S/c1-3-5-11(7(9)13)15-12(6-4-2)8(10)14/h3-6H2,1-2H3. The zero-order chi connectivity index (χ0) is 11.8. The first-order valence-corrected chi connectivity index (χ1v) is 5.38. The largest absolute Gasteiger partial charge is 0.411 e. The van der Waals surface area contributed by atoms with Crippen molar-refractivity contribution < 1.29 is 18.4 Å². The Morgan fingerprint density at radius 2 is 1.33 bits per heavy atom. The fourth-order valence-electron chi connectivity index (χ4n) is 0.847. The van der Waals surface area contributed by atoms with E-state index in [0.717, 1.165) is 0 Å². The van der Waals surface area contributed by atoms with Gasteiger partial charge in [0.05, 0.1) is 12.1 Å². The quantitative estimate of drug-likeness (QED) is 0.407. The van der Waals surface area contributed by atoms with Crippen molar-refractivity contribution in [1.82, 2.24) is 8.61 Å². The summed E-state index contributed by atoms with van der Waals surface area (Å²) in [5.74, 6) is 0. The molecule has 0 saturated carbocycles. The molecule has 0 aromatic carbocycles. The maximum absolute atomic E-state index is 12.4. The van der Waals surface area contributed by atoms with E-state index in [4.69, 9.17) is 0 Å². The lowest BCUT2D eigenvalue weighted by Crippen LogP contribution is -2.30. The minimum absolute atomic E-state index is 0.132. The Labute approximate surface area is 91.9 Å². The monoisotopic (exact) mass is 240 g/mol. The second-order valence-corrected chi connectivity index (χ2v) is 3.84. The molecule has 0 heterocycles. The van der Waals surface area contributed by atoms with Crippen molar-refractivity contribution in [1.29, 1.82) is 0 Å². The van der Waals surface area contributed by atoms with Gasteiger partial charge in [0.25, 0.3) is 0 Å². The fraction of sp³-hybridized carbons (Fsp3) is 0.750. The second kappa shape index (κ2) is 7.44. The molecular weight excluding hydrogens is 226 g/mol. The molecule has 15 heavy (non-hydrogen) atoms. The molecule has 0 N–H and O–H groups in total. The third-order valence-corrected chi connectivity index (χ3v) is 2.49. The highest BCUT2D eigenvalue weighted by Crippen LogP contribution is 2.19. The molecule has 0 rings (SSSR count). The average Bonchev–Trinajstić information content (AvgIpc) is 2.15. The number of hydrogen-bond acceptors (Lipinski definition) is 3. The molecule has 0 unspecified atom stereocenters. The maximum Gasteiger partial charge on any atom is 0.411 e. The summed E-state index contributed by atoms with van der Waals surface area (Å²) in [7, 11) is 0. The highest BCUT2D eigenvalue weighted by Gasteiger charge is 2.21. The first kappa shape index (κ1) is 14.2. The first-order chi connectivity index (χ1) is 7.02. The van der Waals surface area contributed by atoms with E-state index in [-0.39, 0.29) is 13.1 Å². The third-order valence-electron chi connectivity index (χ3n) is 1.44. The van der Waals surface area contributed by atoms with Gasteiger partial charge in [0, 0.05) is 13.1 Å². The van der Waals surface area contributed by atoms with E-state index < -0.39 is 12.3 Å². The lowest BCUT2D eigenvalue weighted by molar-refractivity contribution is 0.197. The molecule has 0 saturated heterocycles. The highest BCUT2D eigenvalue weighted by molar-refractivity contribution is 7.95. The third kappa shape index (κ3) is 5.56. The van der Waals surface area contributed by atoms with Gasteiger partial charge in [-0.25, -0.2) is 18.2 Å². The molecule has 0 aromatic rings. The Hall–Kier alpha value is -0.850. The summed E-state index contributed by atoms with van der Waals surface area (Å²) in [6, 6.07) is 0. The molecular formula is C8H14F2N2O2S. The van der Waals surface area contributed by atoms with Crippen LogP contribution in [0.4, 0.5) is 18.4 Å². The van der Waals surface area contributed by atoms with Gasteiger partial charge >= 0.3 is 12.3 Å². The molecule has 0 fully saturated rings. The number of hydrogen-bond donors (Lipinski definition) is 0. The highest BCUT2D eigenvalue weighted by atomic mass is 32.2. The van der Waals surface area contributed by atoms with Gasteiger partial charge in [-0.2, -0.15) is 0 Å². The fourth-order valence-corrected chi connectivity index (χ4v) is 1.74. The van der Waals surface area contributed by atoms with Crippen LogP contribution in [-0.4, -0.2) is 34.0 Å². The van der Waals surface area contributed by atoms with E-state index in [1.807, 2.05) is 0 Å². The van der Waals surface area contributed by atoms with Crippen LogP contribution < -0.4 is 0 Å². The molecule has 0 spiro atoms. The van der Waals surface area contributed by atoms with Crippen LogP contribution in [0.5, 0.6) is 0 Å². The van der Waals surface area contributed by atoms with Gasteiger partial charge in [-0.1, -0.05) is 13.8 Å². The predicted molar refractivity (Wildman–Crippen MR) is 54.6 cm³/mol. The van der Waals surface area contributed by atoms with E-state index in [1.165, 1.54) is 0 Å². The Kier molecular flexibility index (Phi) is 7.02. The summed E-state index contributed by atoms with van der Waals surface area (Å²) in [5.41, 5.74) is 0. The molecule has 0 radical (unpaired) electrons. The number of carbonyl (C=O) groups is 2. The Morgan fingerprint density at radius 3 is 1.53 bits per heavy atom. The molecule has 0 aliphatic rings. The summed E-state index contributed by atoms with van der Waals surface area (Å²) < 4.78 is 26.3. The Morgan fingerprint density at radius 1 is 1.00 bits per heavy atom. The molecule has 4 nitrogen and oxygen atoms in total. The number of amides is 2. The minimum Gasteiger partial charge on any atom is -0.240 e. The van der Waals surface area contributed by atoms with Crippen LogP contribution in [0.25, 0.3) is 0 Å². The number of carbonyl (C=O) groups excluding carboxylic acids is 2. The SMILES string of the molecule is CCCN(SN(CCC)C(=O)F)C(=O)F. The second-order valence-electron chi connectivity index (χ2n) is 2.79. The van der Waals surface area contributed by atoms with Crippen LogP contribution in [0.3, 0.4) is 0 Å². The van der Waals surface area contributed by atoms with E-state index in [1.54, 1.807) is 13.8 Å². The molecule has 0 atom stereocenters. The number of nitrogens with zero attached hydrogens (tertiary/aromatic N) is 2. The summed E-state index contributed by atoms with van der Waals surface area (Å²) >= 11 is 0.473. The van der Waals surface area contributed by atoms with Crippen LogP contribution >= 0.6 is 12.1 Å². The first-order valence-electron chi connectivity index (χ1n) is 4.65. The van der Waals surface area contributed by atoms with Crippen molar-refractivity contribution in [2.24, 2.45) is 0 Å². The van der Waals surface area contributed by atoms with Gasteiger partial charge in [-0.15, -0.1) is 8.78 Å². The molecule has 7 heteroatoms. The average molecular weight is 240 g/mol. The lowest BCUT2D eigenvalue weighted by Gasteiger charge is -2.22. The van der Waals surface area contributed by atoms with Gasteiger partial charge in [-0.05, 0) is 12.8 Å². The topological polar surface area (TPSA) is 40.6 Å². The van der Waals surface area contributed by atoms with Crippen molar-refractivity contribution in [2.45, 2.75) is 26.7 Å². The van der Waals surface area contributed by atoms with Crippen molar-refractivity contribution in [3.05, 3.63) is 0 Å².